The van der Waals surface area contributed by atoms with Gasteiger partial charge in [0.25, 0.3) is 17.7 Å². The molecule has 36 heteroatoms. The van der Waals surface area contributed by atoms with E-state index in [2.05, 4.69) is 64.1 Å². The van der Waals surface area contributed by atoms with Crippen LogP contribution in [0.1, 0.15) is 159 Å². The number of aryl methyl sites for hydroxylation is 3. The molecule has 0 radical (unpaired) electrons. The summed E-state index contributed by atoms with van der Waals surface area (Å²) in [5.74, 6) is 2.51. The number of urea groups is 3. The smallest absolute Gasteiger partial charge is 0.328 e. The van der Waals surface area contributed by atoms with E-state index in [1.54, 1.807) is 36.0 Å². The van der Waals surface area contributed by atoms with E-state index in [1.165, 1.54) is 72.8 Å². The van der Waals surface area contributed by atoms with E-state index in [0.29, 0.717) is 167 Å². The fourth-order valence-corrected chi connectivity index (χ4v) is 15.4. The van der Waals surface area contributed by atoms with Gasteiger partial charge in [0.2, 0.25) is 0 Å². The Morgan fingerprint density at radius 1 is 0.402 bits per heavy atom. The molecule has 12 heterocycles. The summed E-state index contributed by atoms with van der Waals surface area (Å²) in [5.41, 5.74) is 5.69. The number of hydrogen-bond acceptors (Lipinski definition) is 27. The summed E-state index contributed by atoms with van der Waals surface area (Å²) in [6, 6.07) is 15.0. The fourth-order valence-electron chi connectivity index (χ4n) is 15.4. The summed E-state index contributed by atoms with van der Waals surface area (Å²) in [4.78, 5) is 149. The number of aldehydes is 3. The second-order valence-corrected chi connectivity index (χ2v) is 29.3. The van der Waals surface area contributed by atoms with Crippen molar-refractivity contribution in [3.05, 3.63) is 122 Å². The van der Waals surface area contributed by atoms with E-state index in [4.69, 9.17) is 42.6 Å². The maximum atomic E-state index is 13.3. The van der Waals surface area contributed by atoms with Crippen LogP contribution >= 0.6 is 0 Å². The lowest BCUT2D eigenvalue weighted by atomic mass is 9.92. The van der Waals surface area contributed by atoms with Gasteiger partial charge in [0, 0.05) is 156 Å². The van der Waals surface area contributed by atoms with Crippen molar-refractivity contribution < 1.29 is 85.8 Å². The highest BCUT2D eigenvalue weighted by Gasteiger charge is 2.40. The van der Waals surface area contributed by atoms with Crippen molar-refractivity contribution in [3.8, 4) is 35.5 Å². The molecule has 3 saturated heterocycles. The predicted octanol–water partition coefficient (Wildman–Crippen LogP) is 7.35. The molecule has 6 fully saturated rings. The molecule has 0 bridgehead atoms. The third kappa shape index (κ3) is 18.2. The molecule has 15 rings (SSSR count). The minimum atomic E-state index is -0.466. The van der Waals surface area contributed by atoms with E-state index in [0.717, 1.165) is 55.2 Å². The van der Waals surface area contributed by atoms with Crippen LogP contribution in [0.5, 0.6) is 17.2 Å². The zero-order valence-electron chi connectivity index (χ0n) is 65.7. The lowest BCUT2D eigenvalue weighted by molar-refractivity contribution is -0.137. The van der Waals surface area contributed by atoms with Crippen LogP contribution in [-0.4, -0.2) is 236 Å². The molecule has 36 nitrogen and oxygen atoms in total. The van der Waals surface area contributed by atoms with Crippen LogP contribution in [0.15, 0.2) is 55.0 Å². The topological polar surface area (TPSA) is 441 Å². The molecule has 117 heavy (non-hydrogen) atoms. The molecule has 3 N–H and O–H groups in total. The number of carbonyl (C=O) groups is 9. The van der Waals surface area contributed by atoms with Crippen LogP contribution < -0.4 is 44.9 Å². The lowest BCUT2D eigenvalue weighted by Crippen LogP contribution is -2.42. The Bertz CT molecular complexity index is 4450. The first-order valence-electron chi connectivity index (χ1n) is 38.8. The van der Waals surface area contributed by atoms with E-state index in [9.17, 15) is 58.9 Å². The van der Waals surface area contributed by atoms with Crippen LogP contribution in [0.4, 0.5) is 49.3 Å². The van der Waals surface area contributed by atoms with Crippen molar-refractivity contribution in [2.75, 3.05) is 113 Å². The predicted molar refractivity (Wildman–Crippen MR) is 416 cm³/mol. The molecule has 3 saturated carbocycles. The van der Waals surface area contributed by atoms with Gasteiger partial charge in [0.05, 0.1) is 36.9 Å². The summed E-state index contributed by atoms with van der Waals surface area (Å²) >= 11 is 0. The third-order valence-corrected chi connectivity index (χ3v) is 22.4. The summed E-state index contributed by atoms with van der Waals surface area (Å²) in [6.07, 6.45) is 15.0. The van der Waals surface area contributed by atoms with Gasteiger partial charge in [-0.2, -0.15) is 15.8 Å². The van der Waals surface area contributed by atoms with Crippen LogP contribution in [0.25, 0.3) is 0 Å². The average Bonchev–Trinajstić information content (AvgIpc) is 1.18. The molecule has 9 aliphatic rings. The number of nitrogens with one attached hydrogen (secondary N) is 3. The van der Waals surface area contributed by atoms with Gasteiger partial charge in [0.15, 0.2) is 18.9 Å². The average molecular weight is 1600 g/mol. The van der Waals surface area contributed by atoms with E-state index in [-0.39, 0.29) is 125 Å². The Hall–Kier alpha value is -12.2. The Morgan fingerprint density at radius 2 is 0.675 bits per heavy atom. The third-order valence-electron chi connectivity index (χ3n) is 22.4. The Balaban J connectivity index is 0.000000152. The fraction of sp³-hybridized carbons (Fsp3) is 0.481. The van der Waals surface area contributed by atoms with Gasteiger partial charge < -0.3 is 57.3 Å². The Morgan fingerprint density at radius 3 is 0.897 bits per heavy atom. The number of carbonyl (C=O) groups excluding carboxylic acids is 9. The van der Waals surface area contributed by atoms with Gasteiger partial charge in [0.1, 0.15) is 141 Å². The van der Waals surface area contributed by atoms with Crippen molar-refractivity contribution in [1.29, 1.82) is 15.8 Å². The van der Waals surface area contributed by atoms with Gasteiger partial charge >= 0.3 is 18.1 Å². The molecule has 0 spiro atoms. The monoisotopic (exact) mass is 1600 g/mol. The number of aromatic nitrogens is 6. The highest BCUT2D eigenvalue weighted by atomic mass is 16.6. The Labute approximate surface area is 673 Å². The number of likely N-dealkylation sites (tertiary alicyclic amines) is 3. The number of amides is 9. The highest BCUT2D eigenvalue weighted by molar-refractivity contribution is 6.04. The quantitative estimate of drug-likeness (QED) is 0.0498. The van der Waals surface area contributed by atoms with Crippen molar-refractivity contribution in [1.82, 2.24) is 44.6 Å². The van der Waals surface area contributed by atoms with Crippen LogP contribution in [-0.2, 0) is 81.7 Å². The zero-order chi connectivity index (χ0) is 82.6. The summed E-state index contributed by atoms with van der Waals surface area (Å²) < 4.78 is 49.7. The molecule has 612 valence electrons. The summed E-state index contributed by atoms with van der Waals surface area (Å²) in [5, 5.41) is 36.7. The van der Waals surface area contributed by atoms with Gasteiger partial charge in [-0.15, -0.1) is 0 Å². The van der Waals surface area contributed by atoms with E-state index < -0.39 is 36.4 Å². The molecule has 0 aromatic carbocycles. The first kappa shape index (κ1) is 82.7. The molecular weight excluding hydrogens is 1510 g/mol. The number of pyridine rings is 6. The second-order valence-electron chi connectivity index (χ2n) is 29.3. The molecule has 6 aliphatic heterocycles. The standard InChI is InChI=1S/3C27H30N6O6/c3*1-37-20-5-6-21(20)39-23-11-24(29-13-18(23)12-28)31-27(36)33-8-3-4-16-10-17(19(15-34)30-25(16)33)14-32-9-7-22(38-2)26(32)35/h3*10-11,13,15,20-22H,3-9,14H2,1-2H3,(H,29,31,36)/t20-,21-,22?;20-,21-,22+;20-,21-,22-/m101/s1. The van der Waals surface area contributed by atoms with Crippen LogP contribution in [0.3, 0.4) is 0 Å². The largest absolute Gasteiger partial charge is 0.486 e. The molecule has 6 aromatic rings. The number of fused-ring (bicyclic) bond motifs is 3. The van der Waals surface area contributed by atoms with E-state index in [1.807, 2.05) is 18.2 Å². The molecule has 3 aliphatic carbocycles. The SMILES string of the molecule is COC1CCN(Cc2cc3c(nc2C=O)N(C(=O)Nc2cc(O[C@@H]4CC[C@H]4OC)c(C#N)cn2)CCC3)C1=O.CO[C@@H]1CCN(Cc2cc3c(nc2C=O)N(C(=O)Nc2cc(O[C@@H]4CC[C@H]4OC)c(C#N)cn2)CCC3)C1=O.CO[C@H]1CC[C@@H]1Oc1cc(NC(=O)N2CCCc3cc(CN4CC[C@@H](OC)C4=O)c(C=O)nc32)ncc1C#N. The van der Waals surface area contributed by atoms with Crippen molar-refractivity contribution in [2.24, 2.45) is 0 Å². The summed E-state index contributed by atoms with van der Waals surface area (Å²) in [7, 11) is 9.39. The van der Waals surface area contributed by atoms with Crippen molar-refractivity contribution in [3.63, 3.8) is 0 Å². The second kappa shape index (κ2) is 37.6. The summed E-state index contributed by atoms with van der Waals surface area (Å²) in [6.45, 7) is 3.58. The van der Waals surface area contributed by atoms with E-state index >= 15 is 0 Å². The number of anilines is 6. The number of hydrogen-bond donors (Lipinski definition) is 3. The lowest BCUT2D eigenvalue weighted by Gasteiger charge is -2.35. The van der Waals surface area contributed by atoms with Gasteiger partial charge in [-0.05, 0) is 112 Å². The highest BCUT2D eigenvalue weighted by Crippen LogP contribution is 2.38. The first-order chi connectivity index (χ1) is 56.8. The van der Waals surface area contributed by atoms with Gasteiger partial charge in [-0.1, -0.05) is 0 Å². The number of methoxy groups -OCH3 is 6. The minimum Gasteiger partial charge on any atom is -0.486 e. The Kier molecular flexibility index (Phi) is 26.6. The maximum absolute atomic E-state index is 13.3. The number of rotatable bonds is 24. The number of ether oxygens (including phenoxy) is 9. The van der Waals surface area contributed by atoms with Crippen molar-refractivity contribution in [2.45, 2.75) is 171 Å². The van der Waals surface area contributed by atoms with Crippen LogP contribution in [0.2, 0.25) is 0 Å². The molecule has 6 aromatic heterocycles. The van der Waals surface area contributed by atoms with Crippen molar-refractivity contribution >= 4 is 89.6 Å². The first-order valence-corrected chi connectivity index (χ1v) is 38.8. The molecule has 1 unspecified atom stereocenters. The molecular formula is C81H90N18O18. The number of nitrogens with zero attached hydrogens (tertiary/aromatic N) is 15. The van der Waals surface area contributed by atoms with Crippen LogP contribution in [0, 0.1) is 34.0 Å². The molecule has 9 atom stereocenters. The number of nitriles is 3. The van der Waals surface area contributed by atoms with Gasteiger partial charge in [-0.25, -0.2) is 44.3 Å². The maximum Gasteiger partial charge on any atom is 0.328 e. The minimum absolute atomic E-state index is 0.0411. The normalized spacial score (nSPS) is 22.1. The van der Waals surface area contributed by atoms with Gasteiger partial charge in [-0.3, -0.25) is 59.4 Å². The molecule has 9 amide bonds. The zero-order valence-corrected chi connectivity index (χ0v) is 65.7.